The summed E-state index contributed by atoms with van der Waals surface area (Å²) in [7, 11) is 0. The van der Waals surface area contributed by atoms with E-state index in [0.717, 1.165) is 36.2 Å². The van der Waals surface area contributed by atoms with Crippen LogP contribution in [0.2, 0.25) is 0 Å². The van der Waals surface area contributed by atoms with Crippen LogP contribution in [-0.2, 0) is 12.8 Å². The zero-order chi connectivity index (χ0) is 16.7. The number of anilines is 1. The average molecular weight is 362 g/mol. The van der Waals surface area contributed by atoms with Gasteiger partial charge < -0.3 is 5.32 Å². The van der Waals surface area contributed by atoms with Crippen LogP contribution in [0.5, 0.6) is 0 Å². The van der Waals surface area contributed by atoms with Crippen molar-refractivity contribution in [2.24, 2.45) is 4.99 Å². The Balaban J connectivity index is 1.96. The van der Waals surface area contributed by atoms with E-state index in [0.29, 0.717) is 10.7 Å². The molecule has 0 radical (unpaired) electrons. The van der Waals surface area contributed by atoms with Crippen LogP contribution in [0, 0.1) is 11.6 Å². The first-order chi connectivity index (χ1) is 11.6. The van der Waals surface area contributed by atoms with Gasteiger partial charge in [-0.1, -0.05) is 24.7 Å². The van der Waals surface area contributed by atoms with E-state index in [4.69, 9.17) is 12.2 Å². The smallest absolute Gasteiger partial charge is 0.135 e. The molecular weight excluding hydrogens is 346 g/mol. The molecule has 2 aliphatic rings. The van der Waals surface area contributed by atoms with Gasteiger partial charge in [0.25, 0.3) is 0 Å². The molecule has 0 saturated carbocycles. The SMILES string of the molecule is Fc1cccc(F)c1C1=NCC(=S)Nc2sc3c(c21)CCCCC3. The number of halogens is 2. The molecular formula is C18H16F2N2S2. The minimum Gasteiger partial charge on any atom is -0.340 e. The molecule has 1 aromatic heterocycles. The molecule has 24 heavy (non-hydrogen) atoms. The van der Waals surface area contributed by atoms with Crippen LogP contribution in [0.15, 0.2) is 23.2 Å². The third-order valence-electron chi connectivity index (χ3n) is 4.49. The normalized spacial score (nSPS) is 17.2. The quantitative estimate of drug-likeness (QED) is 0.577. The summed E-state index contributed by atoms with van der Waals surface area (Å²) in [5.74, 6) is -1.16. The lowest BCUT2D eigenvalue weighted by Crippen LogP contribution is -2.11. The number of rotatable bonds is 1. The van der Waals surface area contributed by atoms with E-state index < -0.39 is 11.6 Å². The molecule has 2 aromatic rings. The van der Waals surface area contributed by atoms with Crippen molar-refractivity contribution in [2.75, 3.05) is 11.9 Å². The molecule has 2 nitrogen and oxygen atoms in total. The Morgan fingerprint density at radius 1 is 1.04 bits per heavy atom. The van der Waals surface area contributed by atoms with Crippen LogP contribution in [0.1, 0.15) is 40.8 Å². The van der Waals surface area contributed by atoms with Crippen molar-refractivity contribution in [2.45, 2.75) is 32.1 Å². The number of hydrogen-bond donors (Lipinski definition) is 1. The average Bonchev–Trinajstić information content (AvgIpc) is 2.68. The first-order valence-electron chi connectivity index (χ1n) is 8.08. The number of fused-ring (bicyclic) bond motifs is 3. The maximum absolute atomic E-state index is 14.4. The minimum atomic E-state index is -0.582. The fourth-order valence-electron chi connectivity index (χ4n) is 3.41. The second-order valence-corrected chi connectivity index (χ2v) is 7.68. The van der Waals surface area contributed by atoms with E-state index in [9.17, 15) is 8.78 Å². The summed E-state index contributed by atoms with van der Waals surface area (Å²) in [5.41, 5.74) is 2.38. The summed E-state index contributed by atoms with van der Waals surface area (Å²) in [6, 6.07) is 3.94. The molecule has 0 atom stereocenters. The molecule has 0 saturated heterocycles. The van der Waals surface area contributed by atoms with E-state index in [1.165, 1.54) is 35.1 Å². The highest BCUT2D eigenvalue weighted by molar-refractivity contribution is 7.80. The highest BCUT2D eigenvalue weighted by atomic mass is 32.1. The van der Waals surface area contributed by atoms with Gasteiger partial charge in [0.2, 0.25) is 0 Å². The monoisotopic (exact) mass is 362 g/mol. The van der Waals surface area contributed by atoms with Crippen molar-refractivity contribution in [1.29, 1.82) is 0 Å². The van der Waals surface area contributed by atoms with E-state index in [-0.39, 0.29) is 12.1 Å². The molecule has 1 aromatic carbocycles. The van der Waals surface area contributed by atoms with Crippen molar-refractivity contribution in [3.8, 4) is 0 Å². The second-order valence-electron chi connectivity index (χ2n) is 6.08. The van der Waals surface area contributed by atoms with Crippen molar-refractivity contribution >= 4 is 39.3 Å². The molecule has 4 rings (SSSR count). The second kappa shape index (κ2) is 6.33. The Labute approximate surface area is 148 Å². The number of thiocarbonyl (C=S) groups is 1. The third kappa shape index (κ3) is 2.67. The number of aliphatic imine (C=N–C) groups is 1. The standard InChI is InChI=1S/C18H16F2N2S2/c19-11-6-4-7-12(20)16(11)17-15-10-5-2-1-3-8-13(10)24-18(15)22-14(23)9-21-17/h4,6-7H,1-3,5,8-9H2,(H,22,23). The van der Waals surface area contributed by atoms with Crippen molar-refractivity contribution in [1.82, 2.24) is 0 Å². The lowest BCUT2D eigenvalue weighted by molar-refractivity contribution is 0.579. The zero-order valence-corrected chi connectivity index (χ0v) is 14.6. The molecule has 6 heteroatoms. The van der Waals surface area contributed by atoms with Gasteiger partial charge in [0, 0.05) is 10.4 Å². The summed E-state index contributed by atoms with van der Waals surface area (Å²) >= 11 is 6.96. The molecule has 0 fully saturated rings. The topological polar surface area (TPSA) is 24.4 Å². The van der Waals surface area contributed by atoms with Crippen molar-refractivity contribution in [3.05, 3.63) is 51.4 Å². The molecule has 1 N–H and O–H groups in total. The van der Waals surface area contributed by atoms with Gasteiger partial charge in [0.1, 0.15) is 21.6 Å². The van der Waals surface area contributed by atoms with Crippen LogP contribution in [0.25, 0.3) is 0 Å². The number of aryl methyl sites for hydroxylation is 1. The summed E-state index contributed by atoms with van der Waals surface area (Å²) < 4.78 is 28.8. The molecule has 1 aliphatic carbocycles. The third-order valence-corrected chi connectivity index (χ3v) is 5.93. The Bertz CT molecular complexity index is 835. The van der Waals surface area contributed by atoms with Gasteiger partial charge in [-0.25, -0.2) is 8.78 Å². The Morgan fingerprint density at radius 3 is 2.58 bits per heavy atom. The molecule has 0 unspecified atom stereocenters. The van der Waals surface area contributed by atoms with Gasteiger partial charge in [-0.2, -0.15) is 0 Å². The van der Waals surface area contributed by atoms with E-state index in [1.54, 1.807) is 11.3 Å². The Hall–Kier alpha value is -1.66. The summed E-state index contributed by atoms with van der Waals surface area (Å²) in [5, 5.41) is 4.11. The van der Waals surface area contributed by atoms with Crippen LogP contribution >= 0.6 is 23.6 Å². The molecule has 1 aliphatic heterocycles. The maximum atomic E-state index is 14.4. The highest BCUT2D eigenvalue weighted by Crippen LogP contribution is 2.40. The number of thiophene rings is 1. The Morgan fingerprint density at radius 2 is 1.79 bits per heavy atom. The molecule has 0 amide bonds. The lowest BCUT2D eigenvalue weighted by Gasteiger charge is -2.11. The van der Waals surface area contributed by atoms with Crippen molar-refractivity contribution in [3.63, 3.8) is 0 Å². The number of nitrogens with one attached hydrogen (secondary N) is 1. The maximum Gasteiger partial charge on any atom is 0.135 e. The number of nitrogens with zero attached hydrogens (tertiary/aromatic N) is 1. The van der Waals surface area contributed by atoms with Gasteiger partial charge in [0.15, 0.2) is 0 Å². The molecule has 0 bridgehead atoms. The summed E-state index contributed by atoms with van der Waals surface area (Å²) in [6.45, 7) is 0.245. The first-order valence-corrected chi connectivity index (χ1v) is 9.31. The van der Waals surface area contributed by atoms with Gasteiger partial charge in [-0.3, -0.25) is 4.99 Å². The van der Waals surface area contributed by atoms with Crippen LogP contribution in [0.4, 0.5) is 13.8 Å². The van der Waals surface area contributed by atoms with E-state index >= 15 is 0 Å². The molecule has 2 heterocycles. The van der Waals surface area contributed by atoms with Crippen LogP contribution in [-0.4, -0.2) is 17.2 Å². The highest BCUT2D eigenvalue weighted by Gasteiger charge is 2.29. The summed E-state index contributed by atoms with van der Waals surface area (Å²) in [6.07, 6.45) is 5.35. The molecule has 124 valence electrons. The van der Waals surface area contributed by atoms with Gasteiger partial charge in [-0.05, 0) is 43.4 Å². The number of benzene rings is 1. The summed E-state index contributed by atoms with van der Waals surface area (Å²) in [4.78, 5) is 6.36. The fraction of sp³-hybridized carbons (Fsp3) is 0.333. The predicted molar refractivity (Wildman–Crippen MR) is 98.7 cm³/mol. The molecule has 0 spiro atoms. The van der Waals surface area contributed by atoms with Gasteiger partial charge in [0.05, 0.1) is 17.8 Å². The van der Waals surface area contributed by atoms with Gasteiger partial charge in [-0.15, -0.1) is 11.3 Å². The van der Waals surface area contributed by atoms with Gasteiger partial charge >= 0.3 is 0 Å². The Kier molecular flexibility index (Phi) is 4.18. The predicted octanol–water partition coefficient (Wildman–Crippen LogP) is 4.89. The minimum absolute atomic E-state index is 0.0462. The van der Waals surface area contributed by atoms with Crippen LogP contribution < -0.4 is 5.32 Å². The van der Waals surface area contributed by atoms with E-state index in [1.807, 2.05) is 0 Å². The van der Waals surface area contributed by atoms with Crippen molar-refractivity contribution < 1.29 is 8.78 Å². The van der Waals surface area contributed by atoms with E-state index in [2.05, 4.69) is 10.3 Å². The number of hydrogen-bond acceptors (Lipinski definition) is 3. The largest absolute Gasteiger partial charge is 0.340 e. The van der Waals surface area contributed by atoms with Crippen LogP contribution in [0.3, 0.4) is 0 Å². The lowest BCUT2D eigenvalue weighted by atomic mass is 9.96. The fourth-order valence-corrected chi connectivity index (χ4v) is 4.95. The first kappa shape index (κ1) is 15.8. The zero-order valence-electron chi connectivity index (χ0n) is 13.0.